The summed E-state index contributed by atoms with van der Waals surface area (Å²) in [5.74, 6) is 0.993. The molecular formula is C17H11N5O2. The van der Waals surface area contributed by atoms with Crippen LogP contribution in [0.1, 0.15) is 0 Å². The maximum Gasteiger partial charge on any atom is 0.265 e. The summed E-state index contributed by atoms with van der Waals surface area (Å²) in [4.78, 5) is 27.5. The fourth-order valence-corrected chi connectivity index (χ4v) is 2.24. The predicted octanol–water partition coefficient (Wildman–Crippen LogP) is 2.55. The summed E-state index contributed by atoms with van der Waals surface area (Å²) in [6, 6.07) is 12.9. The van der Waals surface area contributed by atoms with Gasteiger partial charge in [0.2, 0.25) is 5.82 Å². The first-order valence-corrected chi connectivity index (χ1v) is 7.20. The standard InChI is InChI=1S/C17H11N5O2/c23-16-13(10-19-14(20-16)11-4-2-1-3-5-11)17-21-15(22-24-17)12-6-8-18-9-7-12/h1-10H,(H,19,20,23). The van der Waals surface area contributed by atoms with Crippen LogP contribution in [0.2, 0.25) is 0 Å². The number of hydrogen-bond acceptors (Lipinski definition) is 6. The monoisotopic (exact) mass is 317 g/mol. The molecule has 0 aliphatic rings. The molecule has 116 valence electrons. The van der Waals surface area contributed by atoms with Gasteiger partial charge in [0.05, 0.1) is 0 Å². The van der Waals surface area contributed by atoms with Gasteiger partial charge >= 0.3 is 0 Å². The molecule has 0 aliphatic carbocycles. The third-order valence-electron chi connectivity index (χ3n) is 3.44. The molecule has 24 heavy (non-hydrogen) atoms. The van der Waals surface area contributed by atoms with Crippen LogP contribution in [-0.4, -0.2) is 25.1 Å². The van der Waals surface area contributed by atoms with Crippen LogP contribution in [0, 0.1) is 0 Å². The lowest BCUT2D eigenvalue weighted by Gasteiger charge is -2.00. The minimum atomic E-state index is -0.339. The van der Waals surface area contributed by atoms with Gasteiger partial charge in [0.25, 0.3) is 11.4 Å². The zero-order valence-electron chi connectivity index (χ0n) is 12.4. The van der Waals surface area contributed by atoms with Crippen LogP contribution in [0.4, 0.5) is 0 Å². The van der Waals surface area contributed by atoms with Crippen LogP contribution in [0.5, 0.6) is 0 Å². The molecule has 3 aromatic heterocycles. The Morgan fingerprint density at radius 1 is 0.958 bits per heavy atom. The van der Waals surface area contributed by atoms with Crippen LogP contribution in [0.15, 0.2) is 70.4 Å². The molecule has 3 heterocycles. The molecule has 0 radical (unpaired) electrons. The third kappa shape index (κ3) is 2.58. The molecular weight excluding hydrogens is 306 g/mol. The first kappa shape index (κ1) is 14.0. The van der Waals surface area contributed by atoms with Gasteiger partial charge in [0.15, 0.2) is 0 Å². The van der Waals surface area contributed by atoms with Gasteiger partial charge in [-0.2, -0.15) is 4.98 Å². The maximum atomic E-state index is 12.3. The van der Waals surface area contributed by atoms with E-state index < -0.39 is 0 Å². The zero-order chi connectivity index (χ0) is 16.4. The van der Waals surface area contributed by atoms with E-state index in [2.05, 4.69) is 25.1 Å². The zero-order valence-corrected chi connectivity index (χ0v) is 12.4. The van der Waals surface area contributed by atoms with Gasteiger partial charge in [-0.1, -0.05) is 35.5 Å². The average Bonchev–Trinajstić information content (AvgIpc) is 3.13. The molecule has 0 aliphatic heterocycles. The number of hydrogen-bond donors (Lipinski definition) is 1. The summed E-state index contributed by atoms with van der Waals surface area (Å²) in [5, 5.41) is 3.89. The molecule has 7 heteroatoms. The van der Waals surface area contributed by atoms with Crippen molar-refractivity contribution in [3.05, 3.63) is 71.4 Å². The number of nitrogens with one attached hydrogen (secondary N) is 1. The Labute approximate surface area is 136 Å². The van der Waals surface area contributed by atoms with Crippen LogP contribution >= 0.6 is 0 Å². The van der Waals surface area contributed by atoms with Crippen molar-refractivity contribution in [2.24, 2.45) is 0 Å². The summed E-state index contributed by atoms with van der Waals surface area (Å²) < 4.78 is 5.19. The summed E-state index contributed by atoms with van der Waals surface area (Å²) in [5.41, 5.74) is 1.46. The Hall–Kier alpha value is -3.61. The number of benzene rings is 1. The van der Waals surface area contributed by atoms with E-state index in [1.165, 1.54) is 6.20 Å². The molecule has 0 saturated heterocycles. The minimum Gasteiger partial charge on any atom is -0.333 e. The number of H-pyrrole nitrogens is 1. The second-order valence-electron chi connectivity index (χ2n) is 5.00. The second-order valence-corrected chi connectivity index (χ2v) is 5.00. The van der Waals surface area contributed by atoms with Crippen molar-refractivity contribution in [3.8, 4) is 34.2 Å². The molecule has 0 saturated carbocycles. The quantitative estimate of drug-likeness (QED) is 0.623. The smallest absolute Gasteiger partial charge is 0.265 e. The maximum absolute atomic E-state index is 12.3. The Balaban J connectivity index is 1.71. The van der Waals surface area contributed by atoms with Gasteiger partial charge in [-0.15, -0.1) is 0 Å². The minimum absolute atomic E-state index is 0.121. The predicted molar refractivity (Wildman–Crippen MR) is 86.8 cm³/mol. The van der Waals surface area contributed by atoms with Gasteiger partial charge in [0.1, 0.15) is 11.4 Å². The highest BCUT2D eigenvalue weighted by Crippen LogP contribution is 2.20. The van der Waals surface area contributed by atoms with E-state index in [4.69, 9.17) is 4.52 Å². The van der Waals surface area contributed by atoms with E-state index in [1.807, 2.05) is 30.3 Å². The van der Waals surface area contributed by atoms with Gasteiger partial charge in [0, 0.05) is 29.7 Å². The third-order valence-corrected chi connectivity index (χ3v) is 3.44. The first-order valence-electron chi connectivity index (χ1n) is 7.20. The van der Waals surface area contributed by atoms with E-state index in [0.717, 1.165) is 11.1 Å². The highest BCUT2D eigenvalue weighted by Gasteiger charge is 2.15. The lowest BCUT2D eigenvalue weighted by molar-refractivity contribution is 0.431. The van der Waals surface area contributed by atoms with Crippen LogP contribution in [-0.2, 0) is 0 Å². The highest BCUT2D eigenvalue weighted by molar-refractivity contribution is 5.60. The molecule has 1 N–H and O–H groups in total. The Morgan fingerprint density at radius 2 is 1.75 bits per heavy atom. The van der Waals surface area contributed by atoms with Gasteiger partial charge in [-0.05, 0) is 12.1 Å². The van der Waals surface area contributed by atoms with E-state index in [9.17, 15) is 4.79 Å². The number of rotatable bonds is 3. The van der Waals surface area contributed by atoms with Gasteiger partial charge in [-0.25, -0.2) is 4.98 Å². The highest BCUT2D eigenvalue weighted by atomic mass is 16.5. The Morgan fingerprint density at radius 3 is 2.50 bits per heavy atom. The molecule has 1 aromatic carbocycles. The van der Waals surface area contributed by atoms with Gasteiger partial charge in [-0.3, -0.25) is 9.78 Å². The second kappa shape index (κ2) is 5.88. The fourth-order valence-electron chi connectivity index (χ4n) is 2.24. The summed E-state index contributed by atoms with van der Waals surface area (Å²) >= 11 is 0. The van der Waals surface area contributed by atoms with Crippen molar-refractivity contribution < 1.29 is 4.52 Å². The van der Waals surface area contributed by atoms with Gasteiger partial charge < -0.3 is 9.51 Å². The number of aromatic amines is 1. The van der Waals surface area contributed by atoms with E-state index in [1.54, 1.807) is 24.5 Å². The molecule has 0 unspecified atom stereocenters. The molecule has 4 rings (SSSR count). The SMILES string of the molecule is O=c1[nH]c(-c2ccccc2)ncc1-c1nc(-c2ccncc2)no1. The topological polar surface area (TPSA) is 97.6 Å². The first-order chi connectivity index (χ1) is 11.8. The number of nitrogens with zero attached hydrogens (tertiary/aromatic N) is 4. The largest absolute Gasteiger partial charge is 0.333 e. The van der Waals surface area contributed by atoms with Crippen molar-refractivity contribution in [1.29, 1.82) is 0 Å². The van der Waals surface area contributed by atoms with Crippen molar-refractivity contribution in [2.45, 2.75) is 0 Å². The fraction of sp³-hybridized carbons (Fsp3) is 0. The van der Waals surface area contributed by atoms with Crippen molar-refractivity contribution in [1.82, 2.24) is 25.1 Å². The van der Waals surface area contributed by atoms with E-state index >= 15 is 0 Å². The average molecular weight is 317 g/mol. The lowest BCUT2D eigenvalue weighted by Crippen LogP contribution is -2.11. The molecule has 0 bridgehead atoms. The Kier molecular flexibility index (Phi) is 3.43. The summed E-state index contributed by atoms with van der Waals surface area (Å²) in [6.45, 7) is 0. The normalized spacial score (nSPS) is 10.7. The van der Waals surface area contributed by atoms with E-state index in [0.29, 0.717) is 11.6 Å². The van der Waals surface area contributed by atoms with Crippen LogP contribution in [0.25, 0.3) is 34.2 Å². The summed E-state index contributed by atoms with van der Waals surface area (Å²) in [6.07, 6.45) is 4.70. The van der Waals surface area contributed by atoms with Crippen molar-refractivity contribution in [3.63, 3.8) is 0 Å². The number of pyridine rings is 1. The molecule has 0 fully saturated rings. The van der Waals surface area contributed by atoms with Crippen molar-refractivity contribution in [2.75, 3.05) is 0 Å². The Bertz CT molecular complexity index is 1030. The van der Waals surface area contributed by atoms with Crippen molar-refractivity contribution >= 4 is 0 Å². The molecule has 4 aromatic rings. The molecule has 0 atom stereocenters. The molecule has 7 nitrogen and oxygen atoms in total. The lowest BCUT2D eigenvalue weighted by atomic mass is 10.2. The molecule has 0 spiro atoms. The molecule has 0 amide bonds. The van der Waals surface area contributed by atoms with Crippen LogP contribution < -0.4 is 5.56 Å². The van der Waals surface area contributed by atoms with Crippen LogP contribution in [0.3, 0.4) is 0 Å². The summed E-state index contributed by atoms with van der Waals surface area (Å²) in [7, 11) is 0. The van der Waals surface area contributed by atoms with E-state index in [-0.39, 0.29) is 17.0 Å². The number of aromatic nitrogens is 5.